The maximum atomic E-state index is 11.2. The molecule has 0 atom stereocenters. The van der Waals surface area contributed by atoms with Gasteiger partial charge in [0, 0.05) is 17.8 Å². The fourth-order valence-corrected chi connectivity index (χ4v) is 1.97. The third kappa shape index (κ3) is 1.48. The van der Waals surface area contributed by atoms with Gasteiger partial charge in [-0.25, -0.2) is 9.78 Å². The molecule has 5 heteroatoms. The Morgan fingerprint density at radius 3 is 2.89 bits per heavy atom. The lowest BCUT2D eigenvalue weighted by Gasteiger charge is -2.03. The summed E-state index contributed by atoms with van der Waals surface area (Å²) in [6, 6.07) is 11.4. The van der Waals surface area contributed by atoms with Crippen molar-refractivity contribution in [1.29, 1.82) is 5.26 Å². The molecule has 2 heterocycles. The minimum Gasteiger partial charge on any atom is -0.301 e. The molecule has 86 valence electrons. The first-order valence-corrected chi connectivity index (χ1v) is 5.35. The van der Waals surface area contributed by atoms with Gasteiger partial charge < -0.3 is 4.57 Å². The Hall–Kier alpha value is -2.87. The zero-order valence-corrected chi connectivity index (χ0v) is 9.29. The number of aromatic amines is 1. The predicted octanol–water partition coefficient (Wildman–Crippen LogP) is 1.59. The van der Waals surface area contributed by atoms with Gasteiger partial charge in [0.2, 0.25) is 0 Å². The molecule has 0 bridgehead atoms. The first kappa shape index (κ1) is 10.3. The molecule has 0 aliphatic rings. The monoisotopic (exact) mass is 236 g/mol. The van der Waals surface area contributed by atoms with Gasteiger partial charge in [-0.1, -0.05) is 18.2 Å². The van der Waals surface area contributed by atoms with Gasteiger partial charge in [0.25, 0.3) is 0 Å². The number of fused-ring (bicyclic) bond motifs is 1. The summed E-state index contributed by atoms with van der Waals surface area (Å²) in [5.41, 5.74) is 1.03. The van der Waals surface area contributed by atoms with Crippen molar-refractivity contribution >= 4 is 10.9 Å². The van der Waals surface area contributed by atoms with Crippen molar-refractivity contribution in [3.05, 3.63) is 58.8 Å². The van der Waals surface area contributed by atoms with E-state index in [4.69, 9.17) is 5.26 Å². The van der Waals surface area contributed by atoms with Crippen LogP contribution >= 0.6 is 0 Å². The minimum atomic E-state index is -0.413. The van der Waals surface area contributed by atoms with E-state index in [1.165, 1.54) is 6.20 Å². The Bertz CT molecular complexity index is 823. The van der Waals surface area contributed by atoms with Crippen LogP contribution in [0.3, 0.4) is 0 Å². The molecule has 0 radical (unpaired) electrons. The quantitative estimate of drug-likeness (QED) is 0.697. The average Bonchev–Trinajstić information content (AvgIpc) is 2.77. The first-order chi connectivity index (χ1) is 8.79. The molecule has 0 spiro atoms. The average molecular weight is 236 g/mol. The summed E-state index contributed by atoms with van der Waals surface area (Å²) in [7, 11) is 0. The van der Waals surface area contributed by atoms with Crippen LogP contribution in [-0.2, 0) is 0 Å². The lowest BCUT2D eigenvalue weighted by molar-refractivity contribution is 0.970. The molecule has 3 aromatic rings. The summed E-state index contributed by atoms with van der Waals surface area (Å²) in [5, 5.41) is 9.96. The van der Waals surface area contributed by atoms with E-state index in [9.17, 15) is 4.79 Å². The van der Waals surface area contributed by atoms with Crippen molar-refractivity contribution < 1.29 is 0 Å². The van der Waals surface area contributed by atoms with Gasteiger partial charge >= 0.3 is 5.69 Å². The van der Waals surface area contributed by atoms with Gasteiger partial charge in [0.1, 0.15) is 11.9 Å². The molecule has 18 heavy (non-hydrogen) atoms. The standard InChI is InChI=1S/C13H8N4O/c14-7-9-8-17(11-4-2-1-3-10(9)11)12-5-6-15-13(18)16-12/h1-6,8H,(H,15,16,18). The zero-order valence-electron chi connectivity index (χ0n) is 9.29. The number of nitriles is 1. The van der Waals surface area contributed by atoms with E-state index in [-0.39, 0.29) is 0 Å². The Morgan fingerprint density at radius 2 is 2.11 bits per heavy atom. The normalized spacial score (nSPS) is 10.4. The SMILES string of the molecule is N#Cc1cn(-c2ccnc(=O)[nH]2)c2ccccc12. The van der Waals surface area contributed by atoms with Crippen LogP contribution in [0.25, 0.3) is 16.7 Å². The zero-order chi connectivity index (χ0) is 12.5. The van der Waals surface area contributed by atoms with Gasteiger partial charge in [-0.2, -0.15) is 5.26 Å². The van der Waals surface area contributed by atoms with E-state index in [1.54, 1.807) is 16.8 Å². The summed E-state index contributed by atoms with van der Waals surface area (Å²) in [5.74, 6) is 0.590. The molecule has 0 fully saturated rings. The Morgan fingerprint density at radius 1 is 1.28 bits per heavy atom. The van der Waals surface area contributed by atoms with Gasteiger partial charge in [-0.3, -0.25) is 4.98 Å². The van der Waals surface area contributed by atoms with E-state index in [0.29, 0.717) is 11.4 Å². The predicted molar refractivity (Wildman–Crippen MR) is 66.4 cm³/mol. The molecule has 0 saturated carbocycles. The van der Waals surface area contributed by atoms with Crippen LogP contribution in [0.15, 0.2) is 47.5 Å². The number of nitrogens with zero attached hydrogens (tertiary/aromatic N) is 3. The number of hydrogen-bond donors (Lipinski definition) is 1. The molecule has 5 nitrogen and oxygen atoms in total. The molecular weight excluding hydrogens is 228 g/mol. The number of H-pyrrole nitrogens is 1. The molecule has 3 rings (SSSR count). The smallest absolute Gasteiger partial charge is 0.301 e. The van der Waals surface area contributed by atoms with E-state index in [2.05, 4.69) is 16.0 Å². The van der Waals surface area contributed by atoms with Crippen LogP contribution in [0.4, 0.5) is 0 Å². The van der Waals surface area contributed by atoms with Crippen LogP contribution in [0, 0.1) is 11.3 Å². The highest BCUT2D eigenvalue weighted by Crippen LogP contribution is 2.22. The molecule has 0 aliphatic heterocycles. The second kappa shape index (κ2) is 3.86. The van der Waals surface area contributed by atoms with Crippen LogP contribution in [-0.4, -0.2) is 14.5 Å². The van der Waals surface area contributed by atoms with Gasteiger partial charge in [-0.15, -0.1) is 0 Å². The third-order valence-electron chi connectivity index (χ3n) is 2.75. The Balaban J connectivity index is 2.37. The van der Waals surface area contributed by atoms with Crippen LogP contribution in [0.5, 0.6) is 0 Å². The topological polar surface area (TPSA) is 74.5 Å². The lowest BCUT2D eigenvalue weighted by atomic mass is 10.2. The summed E-state index contributed by atoms with van der Waals surface area (Å²) in [6.45, 7) is 0. The lowest BCUT2D eigenvalue weighted by Crippen LogP contribution is -2.12. The van der Waals surface area contributed by atoms with Crippen molar-refractivity contribution in [3.63, 3.8) is 0 Å². The molecule has 0 aliphatic carbocycles. The third-order valence-corrected chi connectivity index (χ3v) is 2.75. The molecule has 1 aromatic carbocycles. The second-order valence-corrected chi connectivity index (χ2v) is 3.80. The van der Waals surface area contributed by atoms with E-state index in [0.717, 1.165) is 10.9 Å². The summed E-state index contributed by atoms with van der Waals surface area (Å²) in [4.78, 5) is 17.5. The largest absolute Gasteiger partial charge is 0.346 e. The Kier molecular flexibility index (Phi) is 2.21. The number of aromatic nitrogens is 3. The second-order valence-electron chi connectivity index (χ2n) is 3.80. The number of hydrogen-bond acceptors (Lipinski definition) is 3. The number of rotatable bonds is 1. The molecule has 0 saturated heterocycles. The van der Waals surface area contributed by atoms with Crippen molar-refractivity contribution in [1.82, 2.24) is 14.5 Å². The van der Waals surface area contributed by atoms with E-state index >= 15 is 0 Å². The fraction of sp³-hybridized carbons (Fsp3) is 0. The summed E-state index contributed by atoms with van der Waals surface area (Å²) >= 11 is 0. The van der Waals surface area contributed by atoms with Crippen LogP contribution < -0.4 is 5.69 Å². The van der Waals surface area contributed by atoms with Crippen molar-refractivity contribution in [2.75, 3.05) is 0 Å². The van der Waals surface area contributed by atoms with Crippen molar-refractivity contribution in [3.8, 4) is 11.9 Å². The highest BCUT2D eigenvalue weighted by Gasteiger charge is 2.09. The maximum absolute atomic E-state index is 11.2. The highest BCUT2D eigenvalue weighted by atomic mass is 16.1. The summed E-state index contributed by atoms with van der Waals surface area (Å²) < 4.78 is 1.77. The van der Waals surface area contributed by atoms with Crippen LogP contribution in [0.1, 0.15) is 5.56 Å². The molecule has 2 aromatic heterocycles. The van der Waals surface area contributed by atoms with E-state index < -0.39 is 5.69 Å². The molecule has 0 unspecified atom stereocenters. The van der Waals surface area contributed by atoms with Gasteiger partial charge in [0.15, 0.2) is 0 Å². The van der Waals surface area contributed by atoms with E-state index in [1.807, 2.05) is 24.3 Å². The minimum absolute atomic E-state index is 0.413. The van der Waals surface area contributed by atoms with Gasteiger partial charge in [0.05, 0.1) is 11.1 Å². The molecular formula is C13H8N4O. The molecule has 1 N–H and O–H groups in total. The van der Waals surface area contributed by atoms with Crippen molar-refractivity contribution in [2.24, 2.45) is 0 Å². The number of para-hydroxylation sites is 1. The fourth-order valence-electron chi connectivity index (χ4n) is 1.97. The van der Waals surface area contributed by atoms with Gasteiger partial charge in [-0.05, 0) is 12.1 Å². The summed E-state index contributed by atoms with van der Waals surface area (Å²) in [6.07, 6.45) is 3.14. The van der Waals surface area contributed by atoms with Crippen molar-refractivity contribution in [2.45, 2.75) is 0 Å². The first-order valence-electron chi connectivity index (χ1n) is 5.35. The molecule has 0 amide bonds. The number of nitrogens with one attached hydrogen (secondary N) is 1. The van der Waals surface area contributed by atoms with Crippen LogP contribution in [0.2, 0.25) is 0 Å². The Labute approximate surface area is 102 Å². The number of benzene rings is 1. The maximum Gasteiger partial charge on any atom is 0.346 e. The highest BCUT2D eigenvalue weighted by molar-refractivity contribution is 5.87.